The predicted octanol–water partition coefficient (Wildman–Crippen LogP) is 2.31. The smallest absolute Gasteiger partial charge is 0.230 e. The molecule has 0 bridgehead atoms. The quantitative estimate of drug-likeness (QED) is 0.684. The highest BCUT2D eigenvalue weighted by Gasteiger charge is 2.05. The van der Waals surface area contributed by atoms with Gasteiger partial charge in [0.25, 0.3) is 0 Å². The summed E-state index contributed by atoms with van der Waals surface area (Å²) in [5, 5.41) is 5.93. The number of allylic oxidation sites excluding steroid dienone is 1. The van der Waals surface area contributed by atoms with Gasteiger partial charge in [-0.1, -0.05) is 12.1 Å². The van der Waals surface area contributed by atoms with Gasteiger partial charge in [0.2, 0.25) is 5.91 Å². The molecule has 0 fully saturated rings. The van der Waals surface area contributed by atoms with Gasteiger partial charge in [0.1, 0.15) is 11.6 Å². The first-order valence-electron chi connectivity index (χ1n) is 7.07. The number of carbonyl (C=O) groups excluding carboxylic acids is 1. The summed E-state index contributed by atoms with van der Waals surface area (Å²) in [5.41, 5.74) is 1.98. The Hall–Kier alpha value is -1.69. The van der Waals surface area contributed by atoms with E-state index < -0.39 is 0 Å². The Morgan fingerprint density at radius 2 is 1.95 bits per heavy atom. The van der Waals surface area contributed by atoms with Crippen molar-refractivity contribution in [3.05, 3.63) is 47.1 Å². The zero-order valence-corrected chi connectivity index (χ0v) is 14.1. The SMILES string of the molecule is CN/C(CSCC(=O)NCCc1ccc(F)cc1)=C(/C)OC. The molecule has 0 atom stereocenters. The van der Waals surface area contributed by atoms with Crippen LogP contribution in [0, 0.1) is 5.82 Å². The monoisotopic (exact) mass is 326 g/mol. The highest BCUT2D eigenvalue weighted by atomic mass is 32.2. The van der Waals surface area contributed by atoms with Crippen LogP contribution in [0.25, 0.3) is 0 Å². The summed E-state index contributed by atoms with van der Waals surface area (Å²) in [7, 11) is 3.46. The second kappa shape index (κ2) is 10.1. The maximum absolute atomic E-state index is 12.8. The Balaban J connectivity index is 2.22. The summed E-state index contributed by atoms with van der Waals surface area (Å²) in [6.07, 6.45) is 0.696. The minimum Gasteiger partial charge on any atom is -0.500 e. The molecule has 0 saturated carbocycles. The molecule has 1 aromatic rings. The number of nitrogens with one attached hydrogen (secondary N) is 2. The molecule has 0 aliphatic heterocycles. The van der Waals surface area contributed by atoms with Crippen molar-refractivity contribution < 1.29 is 13.9 Å². The van der Waals surface area contributed by atoms with Gasteiger partial charge in [-0.05, 0) is 31.0 Å². The molecule has 1 aromatic carbocycles. The van der Waals surface area contributed by atoms with E-state index in [0.717, 1.165) is 17.0 Å². The molecule has 0 saturated heterocycles. The van der Waals surface area contributed by atoms with E-state index in [2.05, 4.69) is 10.6 Å². The van der Waals surface area contributed by atoms with E-state index in [1.165, 1.54) is 23.9 Å². The van der Waals surface area contributed by atoms with Crippen molar-refractivity contribution in [3.8, 4) is 0 Å². The molecule has 0 aliphatic carbocycles. The molecule has 0 aliphatic rings. The molecule has 6 heteroatoms. The van der Waals surface area contributed by atoms with Crippen molar-refractivity contribution in [3.63, 3.8) is 0 Å². The fourth-order valence-corrected chi connectivity index (χ4v) is 2.71. The largest absolute Gasteiger partial charge is 0.500 e. The van der Waals surface area contributed by atoms with E-state index in [0.29, 0.717) is 24.5 Å². The summed E-state index contributed by atoms with van der Waals surface area (Å²) in [6, 6.07) is 6.31. The lowest BCUT2D eigenvalue weighted by Gasteiger charge is -2.10. The van der Waals surface area contributed by atoms with E-state index in [1.807, 2.05) is 14.0 Å². The second-order valence-electron chi connectivity index (χ2n) is 4.71. The predicted molar refractivity (Wildman–Crippen MR) is 89.2 cm³/mol. The molecule has 122 valence electrons. The molecule has 1 rings (SSSR count). The molecular formula is C16H23FN2O2S. The zero-order chi connectivity index (χ0) is 16.4. The fraction of sp³-hybridized carbons (Fsp3) is 0.438. The molecule has 2 N–H and O–H groups in total. The van der Waals surface area contributed by atoms with Gasteiger partial charge in [-0.15, -0.1) is 11.8 Å². The van der Waals surface area contributed by atoms with Crippen LogP contribution in [0.15, 0.2) is 35.7 Å². The highest BCUT2D eigenvalue weighted by Crippen LogP contribution is 2.10. The first-order valence-corrected chi connectivity index (χ1v) is 8.22. The molecule has 22 heavy (non-hydrogen) atoms. The van der Waals surface area contributed by atoms with Crippen LogP contribution in [-0.2, 0) is 16.0 Å². The van der Waals surface area contributed by atoms with Crippen molar-refractivity contribution in [1.82, 2.24) is 10.6 Å². The first kappa shape index (κ1) is 18.4. The van der Waals surface area contributed by atoms with Gasteiger partial charge in [-0.25, -0.2) is 4.39 Å². The van der Waals surface area contributed by atoms with Crippen molar-refractivity contribution in [1.29, 1.82) is 0 Å². The molecule has 0 radical (unpaired) electrons. The van der Waals surface area contributed by atoms with Crippen molar-refractivity contribution >= 4 is 17.7 Å². The highest BCUT2D eigenvalue weighted by molar-refractivity contribution is 8.00. The third-order valence-corrected chi connectivity index (χ3v) is 4.12. The van der Waals surface area contributed by atoms with E-state index in [-0.39, 0.29) is 11.7 Å². The van der Waals surface area contributed by atoms with Crippen molar-refractivity contribution in [2.45, 2.75) is 13.3 Å². The molecule has 4 nitrogen and oxygen atoms in total. The number of hydrogen-bond donors (Lipinski definition) is 2. The van der Waals surface area contributed by atoms with E-state index in [9.17, 15) is 9.18 Å². The lowest BCUT2D eigenvalue weighted by molar-refractivity contribution is -0.118. The Kier molecular flexibility index (Phi) is 8.43. The zero-order valence-electron chi connectivity index (χ0n) is 13.2. The van der Waals surface area contributed by atoms with Crippen LogP contribution in [0.3, 0.4) is 0 Å². The van der Waals surface area contributed by atoms with Gasteiger partial charge in [0, 0.05) is 19.3 Å². The number of rotatable bonds is 9. The molecule has 0 spiro atoms. The standard InChI is InChI=1S/C16H23FN2O2S/c1-12(21-3)15(18-2)10-22-11-16(20)19-9-8-13-4-6-14(17)7-5-13/h4-7,18H,8-11H2,1-3H3,(H,19,20)/b15-12-. The first-order chi connectivity index (χ1) is 10.6. The minimum atomic E-state index is -0.246. The van der Waals surface area contributed by atoms with Crippen molar-refractivity contribution in [2.75, 3.05) is 32.2 Å². The van der Waals surface area contributed by atoms with Gasteiger partial charge in [-0.3, -0.25) is 4.79 Å². The van der Waals surface area contributed by atoms with Gasteiger partial charge < -0.3 is 15.4 Å². The van der Waals surface area contributed by atoms with Gasteiger partial charge in [0.05, 0.1) is 18.6 Å². The Bertz CT molecular complexity index is 503. The van der Waals surface area contributed by atoms with Crippen LogP contribution < -0.4 is 10.6 Å². The van der Waals surface area contributed by atoms with Gasteiger partial charge in [-0.2, -0.15) is 0 Å². The number of ether oxygens (including phenoxy) is 1. The fourth-order valence-electron chi connectivity index (χ4n) is 1.77. The van der Waals surface area contributed by atoms with E-state index >= 15 is 0 Å². The Labute approximate surface area is 135 Å². The number of benzene rings is 1. The van der Waals surface area contributed by atoms with Crippen LogP contribution in [0.1, 0.15) is 12.5 Å². The molecule has 0 aromatic heterocycles. The van der Waals surface area contributed by atoms with Crippen LogP contribution in [0.5, 0.6) is 0 Å². The number of thioether (sulfide) groups is 1. The average Bonchev–Trinajstić information content (AvgIpc) is 2.53. The lowest BCUT2D eigenvalue weighted by atomic mass is 10.1. The van der Waals surface area contributed by atoms with Crippen LogP contribution in [-0.4, -0.2) is 38.1 Å². The number of hydrogen-bond acceptors (Lipinski definition) is 4. The van der Waals surface area contributed by atoms with Gasteiger partial charge >= 0.3 is 0 Å². The molecule has 1 amide bonds. The molecule has 0 unspecified atom stereocenters. The molecular weight excluding hydrogens is 303 g/mol. The normalized spacial score (nSPS) is 11.6. The topological polar surface area (TPSA) is 50.4 Å². The summed E-state index contributed by atoms with van der Waals surface area (Å²) >= 11 is 1.52. The number of amides is 1. The Morgan fingerprint density at radius 1 is 1.27 bits per heavy atom. The third-order valence-electron chi connectivity index (χ3n) is 3.16. The average molecular weight is 326 g/mol. The third kappa shape index (κ3) is 6.85. The van der Waals surface area contributed by atoms with Crippen LogP contribution in [0.4, 0.5) is 4.39 Å². The number of carbonyl (C=O) groups is 1. The summed E-state index contributed by atoms with van der Waals surface area (Å²) in [6.45, 7) is 2.44. The lowest BCUT2D eigenvalue weighted by Crippen LogP contribution is -2.27. The molecule has 0 heterocycles. The summed E-state index contributed by atoms with van der Waals surface area (Å²) < 4.78 is 17.9. The van der Waals surface area contributed by atoms with Crippen molar-refractivity contribution in [2.24, 2.45) is 0 Å². The minimum absolute atomic E-state index is 0.00219. The summed E-state index contributed by atoms with van der Waals surface area (Å²) in [5.74, 6) is 1.67. The maximum Gasteiger partial charge on any atom is 0.230 e. The van der Waals surface area contributed by atoms with Crippen LogP contribution in [0.2, 0.25) is 0 Å². The van der Waals surface area contributed by atoms with Crippen LogP contribution >= 0.6 is 11.8 Å². The maximum atomic E-state index is 12.8. The Morgan fingerprint density at radius 3 is 2.55 bits per heavy atom. The number of halogens is 1. The van der Waals surface area contributed by atoms with Gasteiger partial charge in [0.15, 0.2) is 0 Å². The second-order valence-corrected chi connectivity index (χ2v) is 5.69. The van der Waals surface area contributed by atoms with E-state index in [1.54, 1.807) is 19.2 Å². The van der Waals surface area contributed by atoms with E-state index in [4.69, 9.17) is 4.74 Å². The number of methoxy groups -OCH3 is 1. The summed E-state index contributed by atoms with van der Waals surface area (Å²) in [4.78, 5) is 11.7.